The van der Waals surface area contributed by atoms with Gasteiger partial charge in [0, 0.05) is 0 Å². The van der Waals surface area contributed by atoms with Gasteiger partial charge in [0.15, 0.2) is 0 Å². The van der Waals surface area contributed by atoms with E-state index in [-0.39, 0.29) is 0 Å². The summed E-state index contributed by atoms with van der Waals surface area (Å²) in [6, 6.07) is 29.3. The molecule has 0 aliphatic rings. The highest BCUT2D eigenvalue weighted by Crippen LogP contribution is 2.21. The van der Waals surface area contributed by atoms with Gasteiger partial charge in [-0.15, -0.1) is 0 Å². The lowest BCUT2D eigenvalue weighted by atomic mass is 10.0. The van der Waals surface area contributed by atoms with E-state index in [1.54, 1.807) is 0 Å². The van der Waals surface area contributed by atoms with Crippen molar-refractivity contribution in [2.75, 3.05) is 0 Å². The summed E-state index contributed by atoms with van der Waals surface area (Å²) in [5.41, 5.74) is 3.89. The van der Waals surface area contributed by atoms with Gasteiger partial charge in [-0.25, -0.2) is 10.2 Å². The highest BCUT2D eigenvalue weighted by atomic mass is 16.5. The molecule has 0 atom stereocenters. The average Bonchev–Trinajstić information content (AvgIpc) is 2.69. The molecule has 0 unspecified atom stereocenters. The average molecular weight is 345 g/mol. The normalized spacial score (nSPS) is 9.54. The molecular formula is C23H23NO2. The van der Waals surface area contributed by atoms with E-state index >= 15 is 0 Å². The maximum absolute atomic E-state index is 8.35. The SMILES string of the molecule is N=C=O.c1ccc(CCCc2ccccc2OCc2ccccc2)cc1. The van der Waals surface area contributed by atoms with E-state index in [9.17, 15) is 0 Å². The minimum atomic E-state index is 0.622. The number of carbonyl (C=O) groups excluding carboxylic acids is 1. The van der Waals surface area contributed by atoms with Gasteiger partial charge < -0.3 is 4.74 Å². The smallest absolute Gasteiger partial charge is 0.231 e. The number of isocyanates is 1. The second kappa shape index (κ2) is 11.4. The van der Waals surface area contributed by atoms with Crippen LogP contribution in [-0.4, -0.2) is 6.08 Å². The van der Waals surface area contributed by atoms with Gasteiger partial charge in [-0.1, -0.05) is 78.9 Å². The Kier molecular flexibility index (Phi) is 8.41. The summed E-state index contributed by atoms with van der Waals surface area (Å²) in [7, 11) is 0. The van der Waals surface area contributed by atoms with Crippen LogP contribution >= 0.6 is 0 Å². The molecule has 0 saturated carbocycles. The summed E-state index contributed by atoms with van der Waals surface area (Å²) in [5, 5.41) is 5.40. The van der Waals surface area contributed by atoms with Gasteiger partial charge in [-0.05, 0) is 42.0 Å². The lowest BCUT2D eigenvalue weighted by molar-refractivity contribution is 0.302. The number of ether oxygens (including phenoxy) is 1. The van der Waals surface area contributed by atoms with Crippen molar-refractivity contribution in [1.82, 2.24) is 0 Å². The van der Waals surface area contributed by atoms with Crippen LogP contribution in [0.1, 0.15) is 23.1 Å². The molecule has 0 fully saturated rings. The summed E-state index contributed by atoms with van der Waals surface area (Å²) in [4.78, 5) is 8.35. The summed E-state index contributed by atoms with van der Waals surface area (Å²) in [6.07, 6.45) is 4.03. The van der Waals surface area contributed by atoms with Crippen LogP contribution < -0.4 is 4.74 Å². The van der Waals surface area contributed by atoms with Gasteiger partial charge in [0.1, 0.15) is 12.4 Å². The summed E-state index contributed by atoms with van der Waals surface area (Å²) in [6.45, 7) is 0.622. The molecule has 0 heterocycles. The highest BCUT2D eigenvalue weighted by Gasteiger charge is 2.04. The molecule has 0 aromatic heterocycles. The molecule has 3 heteroatoms. The summed E-state index contributed by atoms with van der Waals surface area (Å²) in [5.74, 6) is 1.00. The number of nitrogens with one attached hydrogen (secondary N) is 1. The predicted octanol–water partition coefficient (Wildman–Crippen LogP) is 5.34. The van der Waals surface area contributed by atoms with Gasteiger partial charge in [-0.3, -0.25) is 0 Å². The predicted molar refractivity (Wildman–Crippen MR) is 104 cm³/mol. The number of para-hydroxylation sites is 1. The van der Waals surface area contributed by atoms with Gasteiger partial charge in [0.25, 0.3) is 0 Å². The van der Waals surface area contributed by atoms with Gasteiger partial charge in [0.05, 0.1) is 0 Å². The van der Waals surface area contributed by atoms with E-state index < -0.39 is 0 Å². The standard InChI is InChI=1S/C22H22O.CHNO/c1-3-10-19(11-4-1)14-9-16-21-15-7-8-17-22(21)23-18-20-12-5-2-6-13-20;2-1-3/h1-8,10-13,15,17H,9,14,16,18H2;2H. The van der Waals surface area contributed by atoms with Crippen molar-refractivity contribution in [3.05, 3.63) is 102 Å². The Labute approximate surface area is 154 Å². The van der Waals surface area contributed by atoms with Gasteiger partial charge in [0.2, 0.25) is 6.08 Å². The molecule has 3 aromatic carbocycles. The van der Waals surface area contributed by atoms with E-state index in [0.29, 0.717) is 6.61 Å². The van der Waals surface area contributed by atoms with Crippen molar-refractivity contribution in [3.63, 3.8) is 0 Å². The van der Waals surface area contributed by atoms with Gasteiger partial charge in [-0.2, -0.15) is 0 Å². The van der Waals surface area contributed by atoms with Crippen LogP contribution in [0.25, 0.3) is 0 Å². The first-order valence-electron chi connectivity index (χ1n) is 8.66. The molecule has 3 aromatic rings. The van der Waals surface area contributed by atoms with E-state index in [0.717, 1.165) is 31.1 Å². The first-order valence-corrected chi connectivity index (χ1v) is 8.66. The molecule has 1 N–H and O–H groups in total. The fourth-order valence-electron chi connectivity index (χ4n) is 2.71. The van der Waals surface area contributed by atoms with Crippen LogP contribution in [0.15, 0.2) is 84.9 Å². The Bertz CT molecular complexity index is 795. The molecule has 3 nitrogen and oxygen atoms in total. The topological polar surface area (TPSA) is 50.2 Å². The maximum atomic E-state index is 8.35. The van der Waals surface area contributed by atoms with Crippen molar-refractivity contribution >= 4 is 6.08 Å². The molecule has 0 aliphatic carbocycles. The third kappa shape index (κ3) is 6.76. The molecule has 0 spiro atoms. The molecule has 3 rings (SSSR count). The van der Waals surface area contributed by atoms with E-state index in [1.165, 1.54) is 16.7 Å². The molecule has 0 saturated heterocycles. The fourth-order valence-corrected chi connectivity index (χ4v) is 2.71. The first kappa shape index (κ1) is 19.2. The largest absolute Gasteiger partial charge is 0.489 e. The zero-order valence-electron chi connectivity index (χ0n) is 14.7. The molecule has 0 bridgehead atoms. The third-order valence-electron chi connectivity index (χ3n) is 3.96. The van der Waals surface area contributed by atoms with Crippen LogP contribution in [0.3, 0.4) is 0 Å². The molecule has 0 aliphatic heterocycles. The van der Waals surface area contributed by atoms with Crippen LogP contribution in [0.5, 0.6) is 5.75 Å². The second-order valence-electron chi connectivity index (χ2n) is 5.82. The van der Waals surface area contributed by atoms with E-state index in [4.69, 9.17) is 14.9 Å². The molecule has 26 heavy (non-hydrogen) atoms. The minimum absolute atomic E-state index is 0.622. The Morgan fingerprint density at radius 3 is 1.92 bits per heavy atom. The Morgan fingerprint density at radius 1 is 0.731 bits per heavy atom. The van der Waals surface area contributed by atoms with Crippen LogP contribution in [-0.2, 0) is 24.2 Å². The fraction of sp³-hybridized carbons (Fsp3) is 0.174. The Hall–Kier alpha value is -3.16. The lowest BCUT2D eigenvalue weighted by Gasteiger charge is -2.11. The maximum Gasteiger partial charge on any atom is 0.231 e. The number of rotatable bonds is 7. The van der Waals surface area contributed by atoms with Crippen molar-refractivity contribution in [3.8, 4) is 5.75 Å². The Morgan fingerprint density at radius 2 is 1.27 bits per heavy atom. The quantitative estimate of drug-likeness (QED) is 0.464. The first-order chi connectivity index (χ1) is 12.8. The summed E-state index contributed by atoms with van der Waals surface area (Å²) >= 11 is 0. The number of hydrogen-bond donors (Lipinski definition) is 1. The van der Waals surface area contributed by atoms with Crippen molar-refractivity contribution in [2.45, 2.75) is 25.9 Å². The van der Waals surface area contributed by atoms with E-state index in [2.05, 4.69) is 60.7 Å². The molecular weight excluding hydrogens is 322 g/mol. The van der Waals surface area contributed by atoms with Crippen molar-refractivity contribution in [2.24, 2.45) is 0 Å². The monoisotopic (exact) mass is 345 g/mol. The number of hydrogen-bond acceptors (Lipinski definition) is 3. The van der Waals surface area contributed by atoms with Crippen molar-refractivity contribution in [1.29, 1.82) is 5.41 Å². The molecule has 132 valence electrons. The Balaban J connectivity index is 0.000000758. The number of aryl methyl sites for hydroxylation is 2. The highest BCUT2D eigenvalue weighted by molar-refractivity contribution is 5.34. The third-order valence-corrected chi connectivity index (χ3v) is 3.96. The zero-order chi connectivity index (χ0) is 18.5. The van der Waals surface area contributed by atoms with Crippen LogP contribution in [0.4, 0.5) is 0 Å². The van der Waals surface area contributed by atoms with Gasteiger partial charge >= 0.3 is 0 Å². The minimum Gasteiger partial charge on any atom is -0.489 e. The van der Waals surface area contributed by atoms with E-state index in [1.807, 2.05) is 24.3 Å². The van der Waals surface area contributed by atoms with Crippen molar-refractivity contribution < 1.29 is 9.53 Å². The number of benzene rings is 3. The zero-order valence-corrected chi connectivity index (χ0v) is 14.7. The van der Waals surface area contributed by atoms with Crippen LogP contribution in [0, 0.1) is 5.41 Å². The second-order valence-corrected chi connectivity index (χ2v) is 5.82. The summed E-state index contributed by atoms with van der Waals surface area (Å²) < 4.78 is 6.03. The molecule has 0 radical (unpaired) electrons. The van der Waals surface area contributed by atoms with Crippen LogP contribution in [0.2, 0.25) is 0 Å². The molecule has 0 amide bonds. The lowest BCUT2D eigenvalue weighted by Crippen LogP contribution is -1.99.